The maximum absolute atomic E-state index is 5.79. The minimum absolute atomic E-state index is 0.368. The summed E-state index contributed by atoms with van der Waals surface area (Å²) in [5.74, 6) is 0. The van der Waals surface area contributed by atoms with Gasteiger partial charge in [0.2, 0.25) is 0 Å². The summed E-state index contributed by atoms with van der Waals surface area (Å²) in [6.07, 6.45) is 0. The number of aryl methyl sites for hydroxylation is 1. The second-order valence-electron chi connectivity index (χ2n) is 3.13. The van der Waals surface area contributed by atoms with Crippen LogP contribution >= 0.6 is 0 Å². The Hall–Kier alpha value is -1.02. The Morgan fingerprint density at radius 2 is 2.08 bits per heavy atom. The molecule has 0 saturated carbocycles. The van der Waals surface area contributed by atoms with Crippen molar-refractivity contribution in [2.24, 2.45) is 0 Å². The van der Waals surface area contributed by atoms with Gasteiger partial charge in [-0.15, -0.1) is 0 Å². The molecular weight excluding hydrogens is 148 g/mol. The van der Waals surface area contributed by atoms with Crippen molar-refractivity contribution in [3.05, 3.63) is 29.3 Å². The third-order valence-electron chi connectivity index (χ3n) is 2.24. The van der Waals surface area contributed by atoms with Crippen molar-refractivity contribution in [2.75, 3.05) is 12.8 Å². The highest BCUT2D eigenvalue weighted by Crippen LogP contribution is 2.18. The molecule has 1 unspecified atom stereocenters. The molecule has 0 aromatic heterocycles. The van der Waals surface area contributed by atoms with E-state index in [1.807, 2.05) is 20.0 Å². The van der Waals surface area contributed by atoms with E-state index in [1.54, 1.807) is 0 Å². The van der Waals surface area contributed by atoms with E-state index in [9.17, 15) is 0 Å². The molecule has 0 aliphatic heterocycles. The topological polar surface area (TPSA) is 38.0 Å². The van der Waals surface area contributed by atoms with Gasteiger partial charge in [-0.25, -0.2) is 0 Å². The molecule has 2 nitrogen and oxygen atoms in total. The molecule has 1 aromatic rings. The Morgan fingerprint density at radius 3 is 2.58 bits per heavy atom. The third kappa shape index (κ3) is 1.77. The first-order valence-corrected chi connectivity index (χ1v) is 4.18. The Bertz CT molecular complexity index is 269. The van der Waals surface area contributed by atoms with Crippen molar-refractivity contribution in [3.8, 4) is 0 Å². The van der Waals surface area contributed by atoms with Gasteiger partial charge in [-0.2, -0.15) is 0 Å². The van der Waals surface area contributed by atoms with Crippen molar-refractivity contribution in [1.82, 2.24) is 5.32 Å². The lowest BCUT2D eigenvalue weighted by Gasteiger charge is -2.11. The van der Waals surface area contributed by atoms with Crippen LogP contribution < -0.4 is 11.1 Å². The van der Waals surface area contributed by atoms with Gasteiger partial charge in [0, 0.05) is 11.7 Å². The summed E-state index contributed by atoms with van der Waals surface area (Å²) in [6.45, 7) is 4.13. The number of nitrogens with one attached hydrogen (secondary N) is 1. The van der Waals surface area contributed by atoms with Crippen LogP contribution in [0.1, 0.15) is 24.1 Å². The quantitative estimate of drug-likeness (QED) is 0.655. The third-order valence-corrected chi connectivity index (χ3v) is 2.24. The summed E-state index contributed by atoms with van der Waals surface area (Å²) in [7, 11) is 1.95. The number of anilines is 1. The molecule has 0 aliphatic carbocycles. The van der Waals surface area contributed by atoms with Gasteiger partial charge in [-0.3, -0.25) is 0 Å². The molecule has 0 radical (unpaired) electrons. The van der Waals surface area contributed by atoms with Crippen molar-refractivity contribution in [1.29, 1.82) is 0 Å². The monoisotopic (exact) mass is 164 g/mol. The molecule has 0 amide bonds. The fraction of sp³-hybridized carbons (Fsp3) is 0.400. The van der Waals surface area contributed by atoms with Crippen LogP contribution in [-0.2, 0) is 0 Å². The van der Waals surface area contributed by atoms with Gasteiger partial charge in [-0.05, 0) is 38.1 Å². The minimum Gasteiger partial charge on any atom is -0.399 e. The highest BCUT2D eigenvalue weighted by Gasteiger charge is 2.02. The Morgan fingerprint density at radius 1 is 1.42 bits per heavy atom. The Balaban J connectivity index is 2.96. The zero-order valence-corrected chi connectivity index (χ0v) is 7.89. The Kier molecular flexibility index (Phi) is 2.71. The van der Waals surface area contributed by atoms with E-state index in [0.717, 1.165) is 11.3 Å². The van der Waals surface area contributed by atoms with E-state index in [1.165, 1.54) is 5.56 Å². The summed E-state index contributed by atoms with van der Waals surface area (Å²) in [6, 6.07) is 6.55. The number of hydrogen-bond acceptors (Lipinski definition) is 2. The minimum atomic E-state index is 0.368. The zero-order chi connectivity index (χ0) is 9.14. The largest absolute Gasteiger partial charge is 0.399 e. The van der Waals surface area contributed by atoms with Gasteiger partial charge < -0.3 is 11.1 Å². The summed E-state index contributed by atoms with van der Waals surface area (Å²) in [5.41, 5.74) is 9.03. The fourth-order valence-corrected chi connectivity index (χ4v) is 1.09. The highest BCUT2D eigenvalue weighted by molar-refractivity contribution is 5.48. The molecule has 1 rings (SSSR count). The number of nitrogen functional groups attached to an aromatic ring is 1. The Labute approximate surface area is 73.8 Å². The van der Waals surface area contributed by atoms with Crippen LogP contribution in [0.5, 0.6) is 0 Å². The van der Waals surface area contributed by atoms with Crippen LogP contribution in [0.25, 0.3) is 0 Å². The summed E-state index contributed by atoms with van der Waals surface area (Å²) >= 11 is 0. The first kappa shape index (κ1) is 9.07. The van der Waals surface area contributed by atoms with E-state index in [4.69, 9.17) is 5.73 Å². The van der Waals surface area contributed by atoms with E-state index < -0.39 is 0 Å². The molecule has 66 valence electrons. The molecule has 0 heterocycles. The van der Waals surface area contributed by atoms with Gasteiger partial charge in [0.15, 0.2) is 0 Å². The predicted molar refractivity (Wildman–Crippen MR) is 53.1 cm³/mol. The lowest BCUT2D eigenvalue weighted by molar-refractivity contribution is 0.652. The van der Waals surface area contributed by atoms with Gasteiger partial charge in [0.05, 0.1) is 0 Å². The van der Waals surface area contributed by atoms with Crippen molar-refractivity contribution in [3.63, 3.8) is 0 Å². The summed E-state index contributed by atoms with van der Waals surface area (Å²) in [4.78, 5) is 0. The molecule has 3 N–H and O–H groups in total. The van der Waals surface area contributed by atoms with Gasteiger partial charge >= 0.3 is 0 Å². The van der Waals surface area contributed by atoms with Crippen molar-refractivity contribution < 1.29 is 0 Å². The van der Waals surface area contributed by atoms with Crippen LogP contribution in [-0.4, -0.2) is 7.05 Å². The maximum atomic E-state index is 5.79. The first-order chi connectivity index (χ1) is 5.65. The molecule has 1 atom stereocenters. The van der Waals surface area contributed by atoms with E-state index in [2.05, 4.69) is 24.4 Å². The van der Waals surface area contributed by atoms with Crippen LogP contribution in [0.4, 0.5) is 5.69 Å². The lowest BCUT2D eigenvalue weighted by Crippen LogP contribution is -2.12. The normalized spacial score (nSPS) is 12.9. The van der Waals surface area contributed by atoms with Crippen LogP contribution in [0.15, 0.2) is 18.2 Å². The molecule has 0 spiro atoms. The zero-order valence-electron chi connectivity index (χ0n) is 7.89. The van der Waals surface area contributed by atoms with Crippen LogP contribution in [0, 0.1) is 6.92 Å². The average molecular weight is 164 g/mol. The molecule has 2 heteroatoms. The average Bonchev–Trinajstić information content (AvgIpc) is 2.08. The molecule has 0 saturated heterocycles. The number of benzene rings is 1. The molecule has 0 aliphatic rings. The van der Waals surface area contributed by atoms with E-state index in [-0.39, 0.29) is 0 Å². The number of hydrogen-bond donors (Lipinski definition) is 2. The molecule has 0 bridgehead atoms. The number of rotatable bonds is 2. The second kappa shape index (κ2) is 3.59. The predicted octanol–water partition coefficient (Wildman–Crippen LogP) is 1.86. The van der Waals surface area contributed by atoms with Crippen LogP contribution in [0.2, 0.25) is 0 Å². The summed E-state index contributed by atoms with van der Waals surface area (Å²) in [5, 5.41) is 3.17. The van der Waals surface area contributed by atoms with Gasteiger partial charge in [0.25, 0.3) is 0 Å². The molecular formula is C10H16N2. The molecule has 12 heavy (non-hydrogen) atoms. The highest BCUT2D eigenvalue weighted by atomic mass is 14.9. The van der Waals surface area contributed by atoms with Crippen molar-refractivity contribution in [2.45, 2.75) is 19.9 Å². The molecule has 1 aromatic carbocycles. The van der Waals surface area contributed by atoms with Gasteiger partial charge in [0.1, 0.15) is 0 Å². The van der Waals surface area contributed by atoms with Crippen molar-refractivity contribution >= 4 is 5.69 Å². The van der Waals surface area contributed by atoms with E-state index >= 15 is 0 Å². The maximum Gasteiger partial charge on any atom is 0.0347 e. The second-order valence-corrected chi connectivity index (χ2v) is 3.13. The fourth-order valence-electron chi connectivity index (χ4n) is 1.09. The lowest BCUT2D eigenvalue weighted by atomic mass is 10.1. The summed E-state index contributed by atoms with van der Waals surface area (Å²) < 4.78 is 0. The molecule has 0 fully saturated rings. The first-order valence-electron chi connectivity index (χ1n) is 4.18. The van der Waals surface area contributed by atoms with Crippen LogP contribution in [0.3, 0.4) is 0 Å². The standard InChI is InChI=1S/C10H16N2/c1-7-4-5-9(6-10(7)11)8(2)12-3/h4-6,8,12H,11H2,1-3H3. The van der Waals surface area contributed by atoms with E-state index in [0.29, 0.717) is 6.04 Å². The number of nitrogens with two attached hydrogens (primary N) is 1. The van der Waals surface area contributed by atoms with Gasteiger partial charge in [-0.1, -0.05) is 12.1 Å². The SMILES string of the molecule is CNC(C)c1ccc(C)c(N)c1. The smallest absolute Gasteiger partial charge is 0.0347 e.